The first-order valence-electron chi connectivity index (χ1n) is 5.07. The van der Waals surface area contributed by atoms with Crippen molar-refractivity contribution >= 4 is 17.6 Å². The van der Waals surface area contributed by atoms with Crippen LogP contribution < -0.4 is 5.73 Å². The van der Waals surface area contributed by atoms with E-state index in [4.69, 9.17) is 5.73 Å². The minimum Gasteiger partial charge on any atom is -0.369 e. The second-order valence-corrected chi connectivity index (χ2v) is 3.94. The van der Waals surface area contributed by atoms with Gasteiger partial charge in [0.15, 0.2) is 0 Å². The van der Waals surface area contributed by atoms with Gasteiger partial charge in [-0.05, 0) is 19.8 Å². The molecule has 0 bridgehead atoms. The Morgan fingerprint density at radius 3 is 2.20 bits per heavy atom. The lowest BCUT2D eigenvalue weighted by Crippen LogP contribution is -2.42. The molecular formula is C10H16N2O3. The highest BCUT2D eigenvalue weighted by Crippen LogP contribution is 2.17. The van der Waals surface area contributed by atoms with Gasteiger partial charge in [0.05, 0.1) is 6.42 Å². The minimum absolute atomic E-state index is 0.0404. The summed E-state index contributed by atoms with van der Waals surface area (Å²) in [4.78, 5) is 34.7. The molecule has 0 aromatic rings. The third kappa shape index (κ3) is 3.34. The number of nitrogens with zero attached hydrogens (tertiary/aromatic N) is 1. The maximum absolute atomic E-state index is 11.5. The average molecular weight is 212 g/mol. The van der Waals surface area contributed by atoms with Crippen molar-refractivity contribution in [2.24, 2.45) is 11.7 Å². The van der Waals surface area contributed by atoms with Gasteiger partial charge in [-0.1, -0.05) is 0 Å². The van der Waals surface area contributed by atoms with E-state index in [0.29, 0.717) is 25.9 Å². The standard InChI is InChI=1S/C10H16N2O3/c1-7(13)6-9(14)12-4-2-8(3-5-12)10(11)15/h8H,2-6H2,1H3,(H2,11,15). The van der Waals surface area contributed by atoms with E-state index < -0.39 is 0 Å². The lowest BCUT2D eigenvalue weighted by atomic mass is 9.96. The number of primary amides is 1. The first-order valence-corrected chi connectivity index (χ1v) is 5.07. The topological polar surface area (TPSA) is 80.5 Å². The zero-order valence-corrected chi connectivity index (χ0v) is 8.86. The van der Waals surface area contributed by atoms with E-state index in [2.05, 4.69) is 0 Å². The molecule has 84 valence electrons. The number of hydrogen-bond acceptors (Lipinski definition) is 3. The van der Waals surface area contributed by atoms with Crippen LogP contribution in [-0.4, -0.2) is 35.6 Å². The molecular weight excluding hydrogens is 196 g/mol. The summed E-state index contributed by atoms with van der Waals surface area (Å²) in [5.74, 6) is -0.692. The molecule has 0 spiro atoms. The average Bonchev–Trinajstić information content (AvgIpc) is 2.17. The van der Waals surface area contributed by atoms with E-state index in [-0.39, 0.29) is 29.9 Å². The Kier molecular flexibility index (Phi) is 3.82. The number of piperidine rings is 1. The van der Waals surface area contributed by atoms with Crippen molar-refractivity contribution in [2.75, 3.05) is 13.1 Å². The number of amides is 2. The van der Waals surface area contributed by atoms with Crippen molar-refractivity contribution in [3.63, 3.8) is 0 Å². The van der Waals surface area contributed by atoms with E-state index in [1.54, 1.807) is 4.90 Å². The lowest BCUT2D eigenvalue weighted by Gasteiger charge is -2.30. The van der Waals surface area contributed by atoms with E-state index in [1.165, 1.54) is 6.92 Å². The van der Waals surface area contributed by atoms with Crippen molar-refractivity contribution in [1.29, 1.82) is 0 Å². The molecule has 5 nitrogen and oxygen atoms in total. The first-order chi connectivity index (χ1) is 7.00. The van der Waals surface area contributed by atoms with Crippen molar-refractivity contribution in [3.8, 4) is 0 Å². The SMILES string of the molecule is CC(=O)CC(=O)N1CCC(C(N)=O)CC1. The van der Waals surface area contributed by atoms with Crippen molar-refractivity contribution in [3.05, 3.63) is 0 Å². The Labute approximate surface area is 88.6 Å². The van der Waals surface area contributed by atoms with E-state index >= 15 is 0 Å². The highest BCUT2D eigenvalue weighted by Gasteiger charge is 2.25. The molecule has 1 saturated heterocycles. The van der Waals surface area contributed by atoms with Crippen LogP contribution in [-0.2, 0) is 14.4 Å². The zero-order valence-electron chi connectivity index (χ0n) is 8.86. The summed E-state index contributed by atoms with van der Waals surface area (Å²) in [5, 5.41) is 0. The molecule has 0 aliphatic carbocycles. The van der Waals surface area contributed by atoms with Crippen LogP contribution in [0.15, 0.2) is 0 Å². The predicted molar refractivity (Wildman–Crippen MR) is 53.8 cm³/mol. The minimum atomic E-state index is -0.298. The Bertz CT molecular complexity index is 280. The lowest BCUT2D eigenvalue weighted by molar-refractivity contribution is -0.137. The van der Waals surface area contributed by atoms with Gasteiger partial charge in [0.25, 0.3) is 0 Å². The number of likely N-dealkylation sites (tertiary alicyclic amines) is 1. The fourth-order valence-corrected chi connectivity index (χ4v) is 1.74. The van der Waals surface area contributed by atoms with Gasteiger partial charge in [-0.25, -0.2) is 0 Å². The second kappa shape index (κ2) is 4.91. The molecule has 0 radical (unpaired) electrons. The highest BCUT2D eigenvalue weighted by molar-refractivity contribution is 5.96. The monoisotopic (exact) mass is 212 g/mol. The van der Waals surface area contributed by atoms with Gasteiger partial charge in [-0.2, -0.15) is 0 Å². The Morgan fingerprint density at radius 2 is 1.80 bits per heavy atom. The number of carbonyl (C=O) groups is 3. The van der Waals surface area contributed by atoms with Crippen molar-refractivity contribution < 1.29 is 14.4 Å². The molecule has 2 N–H and O–H groups in total. The van der Waals surface area contributed by atoms with Crippen LogP contribution in [0.25, 0.3) is 0 Å². The van der Waals surface area contributed by atoms with Crippen molar-refractivity contribution in [1.82, 2.24) is 4.90 Å². The number of rotatable bonds is 3. The van der Waals surface area contributed by atoms with Gasteiger partial charge in [-0.3, -0.25) is 14.4 Å². The Hall–Kier alpha value is -1.39. The maximum Gasteiger partial charge on any atom is 0.230 e. The predicted octanol–water partition coefficient (Wildman–Crippen LogP) is -0.311. The summed E-state index contributed by atoms with van der Waals surface area (Å²) < 4.78 is 0. The fraction of sp³-hybridized carbons (Fsp3) is 0.700. The molecule has 5 heteroatoms. The molecule has 0 unspecified atom stereocenters. The van der Waals surface area contributed by atoms with Gasteiger partial charge in [0.2, 0.25) is 11.8 Å². The molecule has 1 rings (SSSR count). The molecule has 1 heterocycles. The fourth-order valence-electron chi connectivity index (χ4n) is 1.74. The van der Waals surface area contributed by atoms with Crippen LogP contribution in [0, 0.1) is 5.92 Å². The van der Waals surface area contributed by atoms with Gasteiger partial charge in [0, 0.05) is 19.0 Å². The molecule has 0 aromatic heterocycles. The van der Waals surface area contributed by atoms with Crippen molar-refractivity contribution in [2.45, 2.75) is 26.2 Å². The number of hydrogen-bond donors (Lipinski definition) is 1. The summed E-state index contributed by atoms with van der Waals surface area (Å²) in [7, 11) is 0. The van der Waals surface area contributed by atoms with Crippen LogP contribution in [0.2, 0.25) is 0 Å². The number of ketones is 1. The van der Waals surface area contributed by atoms with E-state index in [9.17, 15) is 14.4 Å². The second-order valence-electron chi connectivity index (χ2n) is 3.94. The molecule has 1 fully saturated rings. The summed E-state index contributed by atoms with van der Waals surface area (Å²) in [5.41, 5.74) is 5.17. The zero-order chi connectivity index (χ0) is 11.4. The summed E-state index contributed by atoms with van der Waals surface area (Å²) in [6, 6.07) is 0. The first kappa shape index (κ1) is 11.7. The smallest absolute Gasteiger partial charge is 0.230 e. The molecule has 0 aromatic carbocycles. The summed E-state index contributed by atoms with van der Waals surface area (Å²) in [6.07, 6.45) is 1.18. The molecule has 15 heavy (non-hydrogen) atoms. The van der Waals surface area contributed by atoms with Gasteiger partial charge in [-0.15, -0.1) is 0 Å². The molecule has 0 saturated carbocycles. The normalized spacial score (nSPS) is 17.5. The molecule has 1 aliphatic rings. The third-order valence-electron chi connectivity index (χ3n) is 2.65. The Balaban J connectivity index is 2.40. The van der Waals surface area contributed by atoms with Crippen LogP contribution in [0.5, 0.6) is 0 Å². The van der Waals surface area contributed by atoms with E-state index in [0.717, 1.165) is 0 Å². The number of carbonyl (C=O) groups excluding carboxylic acids is 3. The molecule has 2 amide bonds. The maximum atomic E-state index is 11.5. The van der Waals surface area contributed by atoms with Gasteiger partial charge < -0.3 is 10.6 Å². The van der Waals surface area contributed by atoms with Crippen LogP contribution in [0.1, 0.15) is 26.2 Å². The summed E-state index contributed by atoms with van der Waals surface area (Å²) >= 11 is 0. The van der Waals surface area contributed by atoms with Gasteiger partial charge >= 0.3 is 0 Å². The van der Waals surface area contributed by atoms with Crippen LogP contribution >= 0.6 is 0 Å². The van der Waals surface area contributed by atoms with Crippen LogP contribution in [0.3, 0.4) is 0 Å². The van der Waals surface area contributed by atoms with Crippen LogP contribution in [0.4, 0.5) is 0 Å². The Morgan fingerprint density at radius 1 is 1.27 bits per heavy atom. The quantitative estimate of drug-likeness (QED) is 0.651. The number of nitrogens with two attached hydrogens (primary N) is 1. The highest BCUT2D eigenvalue weighted by atomic mass is 16.2. The largest absolute Gasteiger partial charge is 0.369 e. The van der Waals surface area contributed by atoms with Gasteiger partial charge in [0.1, 0.15) is 5.78 Å². The number of Topliss-reactive ketones (excluding diaryl/α,β-unsaturated/α-hetero) is 1. The van der Waals surface area contributed by atoms with E-state index in [1.807, 2.05) is 0 Å². The molecule has 0 atom stereocenters. The molecule has 1 aliphatic heterocycles. The third-order valence-corrected chi connectivity index (χ3v) is 2.65. The summed E-state index contributed by atoms with van der Waals surface area (Å²) in [6.45, 7) is 2.45.